The summed E-state index contributed by atoms with van der Waals surface area (Å²) in [5.74, 6) is -0.162. The minimum Gasteiger partial charge on any atom is -0.312 e. The zero-order chi connectivity index (χ0) is 14.1. The van der Waals surface area contributed by atoms with Gasteiger partial charge in [-0.15, -0.1) is 0 Å². The van der Waals surface area contributed by atoms with Gasteiger partial charge in [-0.2, -0.15) is 0 Å². The lowest BCUT2D eigenvalue weighted by molar-refractivity contribution is -0.131. The summed E-state index contributed by atoms with van der Waals surface area (Å²) >= 11 is 3.21. The zero-order valence-corrected chi connectivity index (χ0v) is 12.5. The molecule has 2 aliphatic rings. The van der Waals surface area contributed by atoms with Gasteiger partial charge < -0.3 is 5.32 Å². The fourth-order valence-corrected chi connectivity index (χ4v) is 3.50. The fourth-order valence-electron chi connectivity index (χ4n) is 3.07. The van der Waals surface area contributed by atoms with Crippen LogP contribution >= 0.6 is 15.9 Å². The number of amides is 1. The molecular formula is C14H17BrFN3O. The molecule has 2 saturated heterocycles. The fraction of sp³-hybridized carbons (Fsp3) is 0.500. The van der Waals surface area contributed by atoms with E-state index < -0.39 is 0 Å². The molecule has 0 saturated carbocycles. The largest absolute Gasteiger partial charge is 0.312 e. The van der Waals surface area contributed by atoms with E-state index in [0.29, 0.717) is 4.47 Å². The van der Waals surface area contributed by atoms with Crippen molar-refractivity contribution in [3.8, 4) is 0 Å². The Morgan fingerprint density at radius 2 is 2.25 bits per heavy atom. The van der Waals surface area contributed by atoms with Gasteiger partial charge in [0.15, 0.2) is 0 Å². The number of fused-ring (bicyclic) bond motifs is 1. The van der Waals surface area contributed by atoms with E-state index in [1.54, 1.807) is 12.1 Å². The number of benzene rings is 1. The van der Waals surface area contributed by atoms with Gasteiger partial charge in [0.25, 0.3) is 0 Å². The van der Waals surface area contributed by atoms with Crippen molar-refractivity contribution in [1.82, 2.24) is 16.2 Å². The Morgan fingerprint density at radius 3 is 3.05 bits per heavy atom. The molecule has 108 valence electrons. The van der Waals surface area contributed by atoms with Gasteiger partial charge >= 0.3 is 0 Å². The molecule has 20 heavy (non-hydrogen) atoms. The van der Waals surface area contributed by atoms with Crippen molar-refractivity contribution in [3.63, 3.8) is 0 Å². The molecule has 4 nitrogen and oxygen atoms in total. The molecule has 0 radical (unpaired) electrons. The Hall–Kier alpha value is -0.980. The first kappa shape index (κ1) is 14.0. The SMILES string of the molecule is O=C1NNC(Cc2ccc(F)c(Br)c2)C2NCCCC12. The first-order valence-corrected chi connectivity index (χ1v) is 7.67. The molecule has 0 aliphatic carbocycles. The van der Waals surface area contributed by atoms with Crippen molar-refractivity contribution in [2.45, 2.75) is 31.3 Å². The maximum absolute atomic E-state index is 13.3. The van der Waals surface area contributed by atoms with Crippen molar-refractivity contribution >= 4 is 21.8 Å². The van der Waals surface area contributed by atoms with Gasteiger partial charge in [-0.1, -0.05) is 6.07 Å². The van der Waals surface area contributed by atoms with Crippen molar-refractivity contribution in [3.05, 3.63) is 34.1 Å². The molecule has 2 fully saturated rings. The van der Waals surface area contributed by atoms with Crippen LogP contribution in [0.15, 0.2) is 22.7 Å². The van der Waals surface area contributed by atoms with E-state index in [-0.39, 0.29) is 29.7 Å². The van der Waals surface area contributed by atoms with E-state index in [2.05, 4.69) is 32.1 Å². The maximum Gasteiger partial charge on any atom is 0.238 e. The number of carbonyl (C=O) groups excluding carboxylic acids is 1. The van der Waals surface area contributed by atoms with Gasteiger partial charge in [0.1, 0.15) is 5.82 Å². The van der Waals surface area contributed by atoms with E-state index in [1.807, 2.05) is 0 Å². The van der Waals surface area contributed by atoms with E-state index >= 15 is 0 Å². The third-order valence-corrected chi connectivity index (χ3v) is 4.70. The first-order chi connectivity index (χ1) is 9.65. The quantitative estimate of drug-likeness (QED) is 0.764. The Kier molecular flexibility index (Phi) is 4.05. The van der Waals surface area contributed by atoms with E-state index in [9.17, 15) is 9.18 Å². The molecule has 0 spiro atoms. The first-order valence-electron chi connectivity index (χ1n) is 6.88. The number of carbonyl (C=O) groups is 1. The second-order valence-corrected chi connectivity index (χ2v) is 6.28. The molecule has 6 heteroatoms. The highest BCUT2D eigenvalue weighted by molar-refractivity contribution is 9.10. The molecule has 3 N–H and O–H groups in total. The highest BCUT2D eigenvalue weighted by Gasteiger charge is 2.39. The number of piperidine rings is 1. The third-order valence-electron chi connectivity index (χ3n) is 4.10. The highest BCUT2D eigenvalue weighted by Crippen LogP contribution is 2.24. The Labute approximate surface area is 125 Å². The van der Waals surface area contributed by atoms with Gasteiger partial charge in [-0.05, 0) is 59.4 Å². The van der Waals surface area contributed by atoms with Crippen molar-refractivity contribution in [1.29, 1.82) is 0 Å². The predicted octanol–water partition coefficient (Wildman–Crippen LogP) is 1.50. The number of hydrogen-bond donors (Lipinski definition) is 3. The number of halogens is 2. The monoisotopic (exact) mass is 341 g/mol. The summed E-state index contributed by atoms with van der Waals surface area (Å²) in [5.41, 5.74) is 6.88. The van der Waals surface area contributed by atoms with Crippen LogP contribution in [0.4, 0.5) is 4.39 Å². The molecule has 2 heterocycles. The van der Waals surface area contributed by atoms with E-state index in [4.69, 9.17) is 0 Å². The summed E-state index contributed by atoms with van der Waals surface area (Å²) in [6.07, 6.45) is 2.70. The van der Waals surface area contributed by atoms with Crippen molar-refractivity contribution in [2.24, 2.45) is 5.92 Å². The van der Waals surface area contributed by atoms with Gasteiger partial charge in [0.05, 0.1) is 10.4 Å². The highest BCUT2D eigenvalue weighted by atomic mass is 79.9. The molecule has 1 aromatic carbocycles. The Balaban J connectivity index is 1.75. The molecule has 1 aromatic rings. The molecule has 3 unspecified atom stereocenters. The van der Waals surface area contributed by atoms with Gasteiger partial charge in [-0.25, -0.2) is 9.82 Å². The molecule has 1 amide bonds. The van der Waals surface area contributed by atoms with Crippen LogP contribution in [0.3, 0.4) is 0 Å². The van der Waals surface area contributed by atoms with Crippen molar-refractivity contribution in [2.75, 3.05) is 6.54 Å². The van der Waals surface area contributed by atoms with E-state index in [0.717, 1.165) is 31.4 Å². The van der Waals surface area contributed by atoms with Crippen LogP contribution in [-0.4, -0.2) is 24.5 Å². The molecule has 3 rings (SSSR count). The molecule has 3 atom stereocenters. The Bertz CT molecular complexity index is 525. The smallest absolute Gasteiger partial charge is 0.238 e. The average molecular weight is 342 g/mol. The van der Waals surface area contributed by atoms with E-state index in [1.165, 1.54) is 6.07 Å². The number of hydrazine groups is 1. The standard InChI is InChI=1S/C14H17BrFN3O/c15-10-6-8(3-4-11(10)16)7-12-13-9(2-1-5-17-13)14(20)19-18-12/h3-4,6,9,12-13,17-18H,1-2,5,7H2,(H,19,20). The van der Waals surface area contributed by atoms with Gasteiger partial charge in [0, 0.05) is 12.1 Å². The summed E-state index contributed by atoms with van der Waals surface area (Å²) < 4.78 is 13.7. The molecule has 0 aromatic heterocycles. The topological polar surface area (TPSA) is 53.2 Å². The minimum atomic E-state index is -0.257. The van der Waals surface area contributed by atoms with Crippen molar-refractivity contribution < 1.29 is 9.18 Å². The average Bonchev–Trinajstić information content (AvgIpc) is 2.46. The molecule has 0 bridgehead atoms. The maximum atomic E-state index is 13.3. The van der Waals surface area contributed by atoms with Crippen LogP contribution in [0.2, 0.25) is 0 Å². The second-order valence-electron chi connectivity index (χ2n) is 5.42. The van der Waals surface area contributed by atoms with Crippen LogP contribution in [0.5, 0.6) is 0 Å². The van der Waals surface area contributed by atoms with Crippen LogP contribution in [-0.2, 0) is 11.2 Å². The summed E-state index contributed by atoms with van der Waals surface area (Å²) in [7, 11) is 0. The third kappa shape index (κ3) is 2.73. The summed E-state index contributed by atoms with van der Waals surface area (Å²) in [6.45, 7) is 0.944. The lowest BCUT2D eigenvalue weighted by atomic mass is 9.82. The predicted molar refractivity (Wildman–Crippen MR) is 77.4 cm³/mol. The lowest BCUT2D eigenvalue weighted by Gasteiger charge is -2.41. The Morgan fingerprint density at radius 1 is 1.40 bits per heavy atom. The van der Waals surface area contributed by atoms with Crippen LogP contribution in [0.1, 0.15) is 18.4 Å². The second kappa shape index (κ2) is 5.79. The minimum absolute atomic E-state index is 0.0267. The number of nitrogens with one attached hydrogen (secondary N) is 3. The summed E-state index contributed by atoms with van der Waals surface area (Å²) in [4.78, 5) is 11.9. The molecule has 2 aliphatic heterocycles. The van der Waals surface area contributed by atoms with Gasteiger partial charge in [0.2, 0.25) is 5.91 Å². The number of hydrogen-bond acceptors (Lipinski definition) is 3. The van der Waals surface area contributed by atoms with Crippen LogP contribution < -0.4 is 16.2 Å². The molecular weight excluding hydrogens is 325 g/mol. The number of rotatable bonds is 2. The zero-order valence-electron chi connectivity index (χ0n) is 11.0. The van der Waals surface area contributed by atoms with Crippen LogP contribution in [0.25, 0.3) is 0 Å². The van der Waals surface area contributed by atoms with Gasteiger partial charge in [-0.3, -0.25) is 10.2 Å². The summed E-state index contributed by atoms with van der Waals surface area (Å²) in [5, 5.41) is 3.44. The summed E-state index contributed by atoms with van der Waals surface area (Å²) in [6, 6.07) is 5.31. The normalized spacial score (nSPS) is 29.7. The van der Waals surface area contributed by atoms with Crippen LogP contribution in [0, 0.1) is 11.7 Å². The lowest BCUT2D eigenvalue weighted by Crippen LogP contribution is -2.67.